The first kappa shape index (κ1) is 16.0. The van der Waals surface area contributed by atoms with Crippen LogP contribution in [0.4, 0.5) is 0 Å². The first-order chi connectivity index (χ1) is 2.91. The largest absolute Gasteiger partial charge is 0.147 e. The number of halogens is 2. The van der Waals surface area contributed by atoms with Crippen LogP contribution in [0.5, 0.6) is 0 Å². The third kappa shape index (κ3) is 15.8. The first-order valence-electron chi connectivity index (χ1n) is 1.86. The first-order valence-corrected chi connectivity index (χ1v) is 3.00. The molecule has 0 amide bonds. The molecule has 52 valence electrons. The monoisotopic (exact) mass is 198 g/mol. The van der Waals surface area contributed by atoms with Crippen molar-refractivity contribution in [2.45, 2.75) is 13.3 Å². The van der Waals surface area contributed by atoms with Crippen molar-refractivity contribution < 1.29 is 23.9 Å². The van der Waals surface area contributed by atoms with Crippen LogP contribution in [-0.4, -0.2) is 6.61 Å². The van der Waals surface area contributed by atoms with Crippen LogP contribution in [0.25, 0.3) is 0 Å². The Morgan fingerprint density at radius 1 is 1.50 bits per heavy atom. The minimum atomic E-state index is -1.04. The van der Waals surface area contributed by atoms with Crippen LogP contribution in [0.1, 0.15) is 13.3 Å². The molecule has 0 unspecified atom stereocenters. The molecule has 0 aliphatic rings. The van der Waals surface area contributed by atoms with Crippen molar-refractivity contribution in [2.75, 3.05) is 6.61 Å². The fourth-order valence-corrected chi connectivity index (χ4v) is 0.530. The van der Waals surface area contributed by atoms with Crippen LogP contribution >= 0.6 is 24.8 Å². The maximum absolute atomic E-state index is 9.56. The van der Waals surface area contributed by atoms with Gasteiger partial charge in [0.15, 0.2) is 0 Å². The molecule has 0 aromatic rings. The van der Waals surface area contributed by atoms with Gasteiger partial charge in [0, 0.05) is 0 Å². The van der Waals surface area contributed by atoms with Crippen molar-refractivity contribution in [3.05, 3.63) is 0 Å². The van der Waals surface area contributed by atoms with E-state index >= 15 is 0 Å². The summed E-state index contributed by atoms with van der Waals surface area (Å²) < 4.78 is 14.1. The second-order valence-electron chi connectivity index (χ2n) is 0.908. The molecule has 0 aliphatic heterocycles. The summed E-state index contributed by atoms with van der Waals surface area (Å²) in [7, 11) is 0. The van der Waals surface area contributed by atoms with Crippen LogP contribution in [0, 0.1) is 0 Å². The van der Waals surface area contributed by atoms with Gasteiger partial charge < -0.3 is 0 Å². The normalized spacial score (nSPS) is 6.12. The van der Waals surface area contributed by atoms with Gasteiger partial charge >= 0.3 is 43.9 Å². The molecular weight excluding hydrogens is 190 g/mol. The van der Waals surface area contributed by atoms with Crippen LogP contribution < -0.4 is 0 Å². The molecule has 0 spiro atoms. The molecule has 0 saturated carbocycles. The van der Waals surface area contributed by atoms with Gasteiger partial charge in [0.05, 0.1) is 0 Å². The van der Waals surface area contributed by atoms with E-state index in [1.54, 1.807) is 0 Å². The summed E-state index contributed by atoms with van der Waals surface area (Å²) in [4.78, 5) is 0. The van der Waals surface area contributed by atoms with Crippen molar-refractivity contribution in [1.82, 2.24) is 0 Å². The third-order valence-corrected chi connectivity index (χ3v) is 0.798. The minimum Gasteiger partial charge on any atom is -0.147 e. The van der Waals surface area contributed by atoms with E-state index in [2.05, 4.69) is 3.66 Å². The van der Waals surface area contributed by atoms with E-state index < -0.39 is 16.6 Å². The van der Waals surface area contributed by atoms with Crippen molar-refractivity contribution in [3.63, 3.8) is 0 Å². The maximum Gasteiger partial charge on any atom is -0.147 e. The molecule has 0 radical (unpaired) electrons. The summed E-state index contributed by atoms with van der Waals surface area (Å²) in [5.74, 6) is 0. The molecule has 5 heteroatoms. The van der Waals surface area contributed by atoms with E-state index in [9.17, 15) is 3.67 Å². The maximum atomic E-state index is 9.56. The van der Waals surface area contributed by atoms with Crippen molar-refractivity contribution in [2.24, 2.45) is 0 Å². The topological polar surface area (TPSA) is 26.3 Å². The van der Waals surface area contributed by atoms with Gasteiger partial charge in [0.1, 0.15) is 0 Å². The predicted octanol–water partition coefficient (Wildman–Crippen LogP) is 1.60. The van der Waals surface area contributed by atoms with Gasteiger partial charge in [-0.1, -0.05) is 0 Å². The zero-order valence-electron chi connectivity index (χ0n) is 4.49. The van der Waals surface area contributed by atoms with Gasteiger partial charge in [-0.25, -0.2) is 0 Å². The second-order valence-corrected chi connectivity index (χ2v) is 1.54. The average Bonchev–Trinajstić information content (AvgIpc) is 1.61. The van der Waals surface area contributed by atoms with Crippen molar-refractivity contribution in [3.8, 4) is 0 Å². The quantitative estimate of drug-likeness (QED) is 0.645. The van der Waals surface area contributed by atoms with Gasteiger partial charge in [-0.15, -0.1) is 24.8 Å². The zero-order valence-corrected chi connectivity index (χ0v) is 7.52. The molecule has 2 nitrogen and oxygen atoms in total. The SMILES string of the molecule is CCC[O][V]=[O].Cl.Cl. The van der Waals surface area contributed by atoms with E-state index in [1.807, 2.05) is 6.92 Å². The number of hydrogen-bond donors (Lipinski definition) is 0. The van der Waals surface area contributed by atoms with Gasteiger partial charge in [-0.2, -0.15) is 0 Å². The van der Waals surface area contributed by atoms with Crippen molar-refractivity contribution in [1.29, 1.82) is 0 Å². The number of rotatable bonds is 3. The van der Waals surface area contributed by atoms with Crippen LogP contribution in [0.2, 0.25) is 0 Å². The third-order valence-electron chi connectivity index (χ3n) is 0.348. The predicted molar refractivity (Wildman–Crippen MR) is 31.4 cm³/mol. The van der Waals surface area contributed by atoms with Crippen LogP contribution in [-0.2, 0) is 23.9 Å². The standard InChI is InChI=1S/C3H7O.2ClH.O.V/c1-2-3-4;;;;/h2-3H2,1H3;2*1H;;/q-1;;;;+1. The van der Waals surface area contributed by atoms with Crippen LogP contribution in [0.3, 0.4) is 0 Å². The smallest absolute Gasteiger partial charge is 0.147 e. The van der Waals surface area contributed by atoms with E-state index in [0.717, 1.165) is 6.42 Å². The molecule has 0 aromatic carbocycles. The van der Waals surface area contributed by atoms with E-state index in [0.29, 0.717) is 6.61 Å². The zero-order chi connectivity index (χ0) is 4.83. The van der Waals surface area contributed by atoms with E-state index in [-0.39, 0.29) is 24.8 Å². The molecule has 0 saturated heterocycles. The Morgan fingerprint density at radius 2 is 2.00 bits per heavy atom. The molecule has 0 fully saturated rings. The molecule has 0 bridgehead atoms. The summed E-state index contributed by atoms with van der Waals surface area (Å²) in [6, 6.07) is 0. The van der Waals surface area contributed by atoms with E-state index in [1.165, 1.54) is 0 Å². The van der Waals surface area contributed by atoms with Crippen LogP contribution in [0.15, 0.2) is 0 Å². The van der Waals surface area contributed by atoms with E-state index in [4.69, 9.17) is 0 Å². The number of hydrogen-bond acceptors (Lipinski definition) is 2. The molecule has 0 atom stereocenters. The summed E-state index contributed by atoms with van der Waals surface area (Å²) in [5.41, 5.74) is 0. The fraction of sp³-hybridized carbons (Fsp3) is 1.00. The summed E-state index contributed by atoms with van der Waals surface area (Å²) >= 11 is -1.04. The van der Waals surface area contributed by atoms with Gasteiger partial charge in [0.25, 0.3) is 0 Å². The minimum absolute atomic E-state index is 0. The second kappa shape index (κ2) is 15.7. The molecular formula is C3H9Cl2O2V. The summed E-state index contributed by atoms with van der Waals surface area (Å²) in [6.07, 6.45) is 0.956. The summed E-state index contributed by atoms with van der Waals surface area (Å²) in [6.45, 7) is 2.63. The Balaban J connectivity index is -0.000000125. The van der Waals surface area contributed by atoms with Gasteiger partial charge in [-0.3, -0.25) is 0 Å². The molecule has 0 aromatic heterocycles. The molecule has 8 heavy (non-hydrogen) atoms. The Labute approximate surface area is 68.8 Å². The fourth-order valence-electron chi connectivity index (χ4n) is 0.129. The molecule has 0 aliphatic carbocycles. The molecule has 0 heterocycles. The van der Waals surface area contributed by atoms with Crippen molar-refractivity contribution >= 4 is 24.8 Å². The average molecular weight is 199 g/mol. The molecule has 0 N–H and O–H groups in total. The Bertz CT molecular complexity index is 44.3. The Morgan fingerprint density at radius 3 is 2.12 bits per heavy atom. The Hall–Kier alpha value is 0.924. The van der Waals surface area contributed by atoms with Gasteiger partial charge in [-0.05, 0) is 0 Å². The summed E-state index contributed by atoms with van der Waals surface area (Å²) in [5, 5.41) is 0. The Kier molecular flexibility index (Phi) is 31.3. The molecule has 0 rings (SSSR count). The van der Waals surface area contributed by atoms with Gasteiger partial charge in [0.2, 0.25) is 0 Å².